The van der Waals surface area contributed by atoms with Gasteiger partial charge in [0.25, 0.3) is 5.91 Å². The van der Waals surface area contributed by atoms with Crippen molar-refractivity contribution in [1.82, 2.24) is 5.32 Å². The molecule has 1 amide bonds. The van der Waals surface area contributed by atoms with Crippen molar-refractivity contribution in [3.8, 4) is 5.75 Å². The van der Waals surface area contributed by atoms with E-state index in [-0.39, 0.29) is 18.6 Å². The standard InChI is InChI=1S/C18H20ClNO2/c1-3-14-8-4-7-11-17(14)22-12-18(21)20-13(2)15-9-5-6-10-16(15)19/h4-11,13H,3,12H2,1-2H3,(H,20,21). The Hall–Kier alpha value is -2.00. The molecule has 0 bridgehead atoms. The zero-order valence-electron chi connectivity index (χ0n) is 12.8. The number of rotatable bonds is 6. The molecule has 0 aliphatic rings. The second kappa shape index (κ2) is 7.85. The summed E-state index contributed by atoms with van der Waals surface area (Å²) in [5, 5.41) is 3.54. The van der Waals surface area contributed by atoms with E-state index in [9.17, 15) is 4.79 Å². The molecule has 0 heterocycles. The number of carbonyl (C=O) groups excluding carboxylic acids is 1. The Morgan fingerprint density at radius 1 is 1.18 bits per heavy atom. The van der Waals surface area contributed by atoms with Crippen LogP contribution in [0, 0.1) is 0 Å². The molecule has 2 rings (SSSR count). The third kappa shape index (κ3) is 4.25. The highest BCUT2D eigenvalue weighted by molar-refractivity contribution is 6.31. The topological polar surface area (TPSA) is 38.3 Å². The van der Waals surface area contributed by atoms with E-state index >= 15 is 0 Å². The second-order valence-electron chi connectivity index (χ2n) is 5.06. The first-order valence-electron chi connectivity index (χ1n) is 7.36. The van der Waals surface area contributed by atoms with Crippen molar-refractivity contribution in [1.29, 1.82) is 0 Å². The fourth-order valence-electron chi connectivity index (χ4n) is 2.27. The van der Waals surface area contributed by atoms with Gasteiger partial charge >= 0.3 is 0 Å². The first-order chi connectivity index (χ1) is 10.6. The zero-order chi connectivity index (χ0) is 15.9. The quantitative estimate of drug-likeness (QED) is 0.868. The Labute approximate surface area is 136 Å². The van der Waals surface area contributed by atoms with Crippen LogP contribution in [0.2, 0.25) is 5.02 Å². The summed E-state index contributed by atoms with van der Waals surface area (Å²) in [7, 11) is 0. The van der Waals surface area contributed by atoms with Gasteiger partial charge in [-0.05, 0) is 36.6 Å². The Balaban J connectivity index is 1.92. The van der Waals surface area contributed by atoms with Gasteiger partial charge in [-0.25, -0.2) is 0 Å². The molecule has 1 unspecified atom stereocenters. The highest BCUT2D eigenvalue weighted by Crippen LogP contribution is 2.22. The maximum atomic E-state index is 12.0. The first kappa shape index (κ1) is 16.4. The summed E-state index contributed by atoms with van der Waals surface area (Å²) in [6.45, 7) is 3.95. The largest absolute Gasteiger partial charge is 0.483 e. The van der Waals surface area contributed by atoms with Gasteiger partial charge < -0.3 is 10.1 Å². The van der Waals surface area contributed by atoms with Gasteiger partial charge in [0.2, 0.25) is 0 Å². The van der Waals surface area contributed by atoms with Gasteiger partial charge in [-0.15, -0.1) is 0 Å². The molecule has 3 nitrogen and oxygen atoms in total. The molecule has 116 valence electrons. The SMILES string of the molecule is CCc1ccccc1OCC(=O)NC(C)c1ccccc1Cl. The third-order valence-electron chi connectivity index (χ3n) is 3.46. The summed E-state index contributed by atoms with van der Waals surface area (Å²) in [5.41, 5.74) is 1.99. The number of nitrogens with one attached hydrogen (secondary N) is 1. The molecule has 2 aromatic rings. The van der Waals surface area contributed by atoms with Gasteiger partial charge in [-0.3, -0.25) is 4.79 Å². The molecule has 2 aromatic carbocycles. The fraction of sp³-hybridized carbons (Fsp3) is 0.278. The van der Waals surface area contributed by atoms with Crippen molar-refractivity contribution in [3.05, 3.63) is 64.7 Å². The normalized spacial score (nSPS) is 11.8. The van der Waals surface area contributed by atoms with Crippen LogP contribution in [0.5, 0.6) is 5.75 Å². The number of benzene rings is 2. The molecule has 0 saturated heterocycles. The number of aryl methyl sites for hydroxylation is 1. The van der Waals surface area contributed by atoms with Crippen LogP contribution < -0.4 is 10.1 Å². The van der Waals surface area contributed by atoms with Gasteiger partial charge in [0.1, 0.15) is 5.75 Å². The summed E-state index contributed by atoms with van der Waals surface area (Å²) in [6.07, 6.45) is 0.869. The van der Waals surface area contributed by atoms with Crippen molar-refractivity contribution in [2.24, 2.45) is 0 Å². The maximum Gasteiger partial charge on any atom is 0.258 e. The minimum atomic E-state index is -0.168. The molecule has 0 fully saturated rings. The van der Waals surface area contributed by atoms with Crippen molar-refractivity contribution >= 4 is 17.5 Å². The van der Waals surface area contributed by atoms with Gasteiger partial charge in [-0.1, -0.05) is 54.9 Å². The highest BCUT2D eigenvalue weighted by Gasteiger charge is 2.13. The summed E-state index contributed by atoms with van der Waals surface area (Å²) in [4.78, 5) is 12.0. The minimum absolute atomic E-state index is 0.00813. The van der Waals surface area contributed by atoms with E-state index in [1.807, 2.05) is 55.5 Å². The van der Waals surface area contributed by atoms with E-state index in [1.54, 1.807) is 0 Å². The number of carbonyl (C=O) groups is 1. The van der Waals surface area contributed by atoms with E-state index in [0.717, 1.165) is 23.3 Å². The Bertz CT molecular complexity index is 642. The molecule has 1 atom stereocenters. The Morgan fingerprint density at radius 3 is 2.59 bits per heavy atom. The van der Waals surface area contributed by atoms with Crippen LogP contribution in [0.3, 0.4) is 0 Å². The maximum absolute atomic E-state index is 12.0. The summed E-state index contributed by atoms with van der Waals surface area (Å²) in [5.74, 6) is 0.587. The van der Waals surface area contributed by atoms with Gasteiger partial charge in [0.05, 0.1) is 6.04 Å². The summed E-state index contributed by atoms with van der Waals surface area (Å²) in [6, 6.07) is 15.1. The molecule has 0 saturated carbocycles. The van der Waals surface area contributed by atoms with E-state index in [0.29, 0.717) is 5.02 Å². The van der Waals surface area contributed by atoms with Crippen molar-refractivity contribution in [2.45, 2.75) is 26.3 Å². The van der Waals surface area contributed by atoms with E-state index in [4.69, 9.17) is 16.3 Å². The Morgan fingerprint density at radius 2 is 1.86 bits per heavy atom. The number of para-hydroxylation sites is 1. The average Bonchev–Trinajstić information content (AvgIpc) is 2.53. The molecule has 0 aliphatic heterocycles. The van der Waals surface area contributed by atoms with E-state index in [2.05, 4.69) is 12.2 Å². The van der Waals surface area contributed by atoms with E-state index < -0.39 is 0 Å². The lowest BCUT2D eigenvalue weighted by molar-refractivity contribution is -0.123. The number of amides is 1. The molecule has 0 spiro atoms. The lowest BCUT2D eigenvalue weighted by atomic mass is 10.1. The van der Waals surface area contributed by atoms with Crippen molar-refractivity contribution in [2.75, 3.05) is 6.61 Å². The average molecular weight is 318 g/mol. The van der Waals surface area contributed by atoms with Crippen LogP contribution in [0.4, 0.5) is 0 Å². The van der Waals surface area contributed by atoms with Gasteiger partial charge in [-0.2, -0.15) is 0 Å². The molecule has 0 aliphatic carbocycles. The number of halogens is 1. The summed E-state index contributed by atoms with van der Waals surface area (Å²) >= 11 is 6.13. The predicted octanol–water partition coefficient (Wildman–Crippen LogP) is 4.16. The van der Waals surface area contributed by atoms with Crippen LogP contribution in [-0.4, -0.2) is 12.5 Å². The lowest BCUT2D eigenvalue weighted by Gasteiger charge is -2.16. The van der Waals surface area contributed by atoms with Crippen molar-refractivity contribution in [3.63, 3.8) is 0 Å². The van der Waals surface area contributed by atoms with Crippen LogP contribution in [0.15, 0.2) is 48.5 Å². The van der Waals surface area contributed by atoms with Crippen LogP contribution in [-0.2, 0) is 11.2 Å². The molecule has 22 heavy (non-hydrogen) atoms. The fourth-order valence-corrected chi connectivity index (χ4v) is 2.57. The molecule has 4 heteroatoms. The van der Waals surface area contributed by atoms with Crippen LogP contribution in [0.25, 0.3) is 0 Å². The first-order valence-corrected chi connectivity index (χ1v) is 7.74. The third-order valence-corrected chi connectivity index (χ3v) is 3.81. The minimum Gasteiger partial charge on any atom is -0.483 e. The van der Waals surface area contributed by atoms with Crippen molar-refractivity contribution < 1.29 is 9.53 Å². The zero-order valence-corrected chi connectivity index (χ0v) is 13.6. The highest BCUT2D eigenvalue weighted by atomic mass is 35.5. The molecule has 1 N–H and O–H groups in total. The number of hydrogen-bond acceptors (Lipinski definition) is 2. The van der Waals surface area contributed by atoms with Crippen LogP contribution >= 0.6 is 11.6 Å². The summed E-state index contributed by atoms with van der Waals surface area (Å²) < 4.78 is 5.61. The monoisotopic (exact) mass is 317 g/mol. The number of hydrogen-bond donors (Lipinski definition) is 1. The Kier molecular flexibility index (Phi) is 5.84. The number of ether oxygens (including phenoxy) is 1. The van der Waals surface area contributed by atoms with Gasteiger partial charge in [0, 0.05) is 5.02 Å². The van der Waals surface area contributed by atoms with E-state index in [1.165, 1.54) is 0 Å². The molecule has 0 radical (unpaired) electrons. The second-order valence-corrected chi connectivity index (χ2v) is 5.47. The lowest BCUT2D eigenvalue weighted by Crippen LogP contribution is -2.31. The smallest absolute Gasteiger partial charge is 0.258 e. The predicted molar refractivity (Wildman–Crippen MR) is 89.3 cm³/mol. The van der Waals surface area contributed by atoms with Gasteiger partial charge in [0.15, 0.2) is 6.61 Å². The molecule has 0 aromatic heterocycles. The molecular formula is C18H20ClNO2. The molecular weight excluding hydrogens is 298 g/mol. The van der Waals surface area contributed by atoms with Crippen LogP contribution in [0.1, 0.15) is 31.0 Å².